The van der Waals surface area contributed by atoms with E-state index in [0.29, 0.717) is 0 Å². The third-order valence-electron chi connectivity index (χ3n) is 2.03. The van der Waals surface area contributed by atoms with Crippen molar-refractivity contribution in [1.82, 2.24) is 10.2 Å². The predicted molar refractivity (Wildman–Crippen MR) is 56.1 cm³/mol. The number of nitrogens with zero attached hydrogens (tertiary/aromatic N) is 1. The average Bonchev–Trinajstić information content (AvgIpc) is 2.19. The molecule has 1 fully saturated rings. The number of piperazine rings is 1. The summed E-state index contributed by atoms with van der Waals surface area (Å²) >= 11 is 0. The molecule has 1 saturated heterocycles. The van der Waals surface area contributed by atoms with E-state index in [4.69, 9.17) is 5.73 Å². The molecule has 0 bridgehead atoms. The molecule has 3 N–H and O–H groups in total. The van der Waals surface area contributed by atoms with Gasteiger partial charge in [0.2, 0.25) is 0 Å². The summed E-state index contributed by atoms with van der Waals surface area (Å²) in [4.78, 5) is 2.26. The second-order valence-corrected chi connectivity index (χ2v) is 2.97. The highest BCUT2D eigenvalue weighted by Gasteiger charge is 2.08. The summed E-state index contributed by atoms with van der Waals surface area (Å²) in [5.41, 5.74) is 6.26. The summed E-state index contributed by atoms with van der Waals surface area (Å²) in [7, 11) is 0. The Hall–Kier alpha value is -1.22. The van der Waals surface area contributed by atoms with E-state index in [1.165, 1.54) is 6.20 Å². The molecule has 0 unspecified atom stereocenters. The summed E-state index contributed by atoms with van der Waals surface area (Å²) < 4.78 is 0. The molecule has 0 aromatic carbocycles. The maximum absolute atomic E-state index is 5.21. The van der Waals surface area contributed by atoms with Gasteiger partial charge >= 0.3 is 0 Å². The van der Waals surface area contributed by atoms with E-state index in [1.807, 2.05) is 12.2 Å². The monoisotopic (exact) mass is 179 g/mol. The normalized spacial score (nSPS) is 18.6. The number of nitrogens with one attached hydrogen (secondary N) is 1. The van der Waals surface area contributed by atoms with E-state index in [2.05, 4.69) is 16.8 Å². The Labute approximate surface area is 79.6 Å². The lowest BCUT2D eigenvalue weighted by Crippen LogP contribution is -2.42. The van der Waals surface area contributed by atoms with Crippen LogP contribution in [0.2, 0.25) is 0 Å². The van der Waals surface area contributed by atoms with Crippen LogP contribution in [-0.2, 0) is 0 Å². The topological polar surface area (TPSA) is 41.3 Å². The molecule has 3 nitrogen and oxygen atoms in total. The molecule has 1 heterocycles. The maximum atomic E-state index is 5.21. The van der Waals surface area contributed by atoms with Crippen LogP contribution in [0, 0.1) is 0 Å². The second-order valence-electron chi connectivity index (χ2n) is 2.97. The van der Waals surface area contributed by atoms with Crippen molar-refractivity contribution in [3.63, 3.8) is 0 Å². The van der Waals surface area contributed by atoms with Crippen molar-refractivity contribution in [3.05, 3.63) is 36.7 Å². The highest BCUT2D eigenvalue weighted by atomic mass is 15.2. The van der Waals surface area contributed by atoms with E-state index in [1.54, 1.807) is 6.08 Å². The van der Waals surface area contributed by atoms with E-state index >= 15 is 0 Å². The molecule has 1 aliphatic heterocycles. The molecule has 0 aromatic heterocycles. The van der Waals surface area contributed by atoms with Gasteiger partial charge in [-0.3, -0.25) is 0 Å². The number of nitrogens with two attached hydrogens (primary N) is 1. The molecule has 3 heteroatoms. The molecule has 1 rings (SSSR count). The molecular formula is C10H17N3. The van der Waals surface area contributed by atoms with Crippen LogP contribution in [0.25, 0.3) is 0 Å². The summed E-state index contributed by atoms with van der Waals surface area (Å²) in [6, 6.07) is 0. The minimum absolute atomic E-state index is 1.04. The minimum Gasteiger partial charge on any atom is -0.405 e. The lowest BCUT2D eigenvalue weighted by molar-refractivity contribution is 0.308. The highest BCUT2D eigenvalue weighted by Crippen LogP contribution is 2.04. The van der Waals surface area contributed by atoms with Crippen molar-refractivity contribution >= 4 is 0 Å². The molecule has 0 spiro atoms. The molecule has 0 atom stereocenters. The van der Waals surface area contributed by atoms with E-state index < -0.39 is 0 Å². The molecule has 0 aromatic rings. The standard InChI is InChI=1S/C10H17N3/c1-10(4-2-3-5-11)13-8-6-12-7-9-13/h2-5,12H,1,6-9,11H2/b4-2-,5-3-. The number of hydrogen-bond acceptors (Lipinski definition) is 3. The molecule has 0 amide bonds. The van der Waals surface area contributed by atoms with Gasteiger partial charge in [-0.2, -0.15) is 0 Å². The predicted octanol–water partition coefficient (Wildman–Crippen LogP) is 0.434. The van der Waals surface area contributed by atoms with Crippen molar-refractivity contribution in [2.45, 2.75) is 0 Å². The average molecular weight is 179 g/mol. The molecule has 13 heavy (non-hydrogen) atoms. The Morgan fingerprint density at radius 3 is 2.62 bits per heavy atom. The molecule has 0 aliphatic carbocycles. The highest BCUT2D eigenvalue weighted by molar-refractivity contribution is 5.18. The van der Waals surface area contributed by atoms with E-state index in [-0.39, 0.29) is 0 Å². The van der Waals surface area contributed by atoms with E-state index in [9.17, 15) is 0 Å². The number of hydrogen-bond donors (Lipinski definition) is 2. The van der Waals surface area contributed by atoms with Gasteiger partial charge in [0, 0.05) is 31.9 Å². The minimum atomic E-state index is 1.04. The summed E-state index contributed by atoms with van der Waals surface area (Å²) in [5.74, 6) is 0. The van der Waals surface area contributed by atoms with Crippen LogP contribution in [0.5, 0.6) is 0 Å². The van der Waals surface area contributed by atoms with Gasteiger partial charge in [-0.1, -0.05) is 12.7 Å². The first-order valence-electron chi connectivity index (χ1n) is 4.54. The number of rotatable bonds is 3. The maximum Gasteiger partial charge on any atom is 0.0303 e. The first-order valence-corrected chi connectivity index (χ1v) is 4.54. The zero-order valence-corrected chi connectivity index (χ0v) is 7.87. The third-order valence-corrected chi connectivity index (χ3v) is 2.03. The van der Waals surface area contributed by atoms with Crippen molar-refractivity contribution in [2.24, 2.45) is 5.73 Å². The van der Waals surface area contributed by atoms with Crippen LogP contribution >= 0.6 is 0 Å². The largest absolute Gasteiger partial charge is 0.405 e. The molecule has 0 radical (unpaired) electrons. The van der Waals surface area contributed by atoms with Gasteiger partial charge in [0.25, 0.3) is 0 Å². The van der Waals surface area contributed by atoms with Gasteiger partial charge in [0.15, 0.2) is 0 Å². The summed E-state index contributed by atoms with van der Waals surface area (Å²) in [5, 5.41) is 3.30. The number of allylic oxidation sites excluding steroid dienone is 3. The van der Waals surface area contributed by atoms with Gasteiger partial charge in [0.1, 0.15) is 0 Å². The Balaban J connectivity index is 2.37. The van der Waals surface area contributed by atoms with Gasteiger partial charge in [-0.25, -0.2) is 0 Å². The van der Waals surface area contributed by atoms with Crippen molar-refractivity contribution in [3.8, 4) is 0 Å². The summed E-state index contributed by atoms with van der Waals surface area (Å²) in [6.07, 6.45) is 7.20. The lowest BCUT2D eigenvalue weighted by atomic mass is 10.3. The van der Waals surface area contributed by atoms with Crippen LogP contribution in [0.3, 0.4) is 0 Å². The van der Waals surface area contributed by atoms with E-state index in [0.717, 1.165) is 31.9 Å². The third kappa shape index (κ3) is 3.34. The second kappa shape index (κ2) is 5.43. The van der Waals surface area contributed by atoms with Gasteiger partial charge < -0.3 is 16.0 Å². The Morgan fingerprint density at radius 2 is 2.00 bits per heavy atom. The van der Waals surface area contributed by atoms with Gasteiger partial charge in [-0.05, 0) is 18.4 Å². The van der Waals surface area contributed by atoms with Crippen molar-refractivity contribution in [2.75, 3.05) is 26.2 Å². The van der Waals surface area contributed by atoms with Crippen LogP contribution in [0.4, 0.5) is 0 Å². The van der Waals surface area contributed by atoms with Crippen LogP contribution in [0.15, 0.2) is 36.7 Å². The van der Waals surface area contributed by atoms with Crippen LogP contribution in [0.1, 0.15) is 0 Å². The zero-order chi connectivity index (χ0) is 9.52. The molecular weight excluding hydrogens is 162 g/mol. The van der Waals surface area contributed by atoms with Gasteiger partial charge in [0.05, 0.1) is 0 Å². The SMILES string of the molecule is C=C(/C=C\C=C/N)N1CCNCC1. The zero-order valence-electron chi connectivity index (χ0n) is 7.87. The lowest BCUT2D eigenvalue weighted by Gasteiger charge is -2.29. The van der Waals surface area contributed by atoms with Crippen LogP contribution in [-0.4, -0.2) is 31.1 Å². The quantitative estimate of drug-likeness (QED) is 0.617. The summed E-state index contributed by atoms with van der Waals surface area (Å²) in [6.45, 7) is 8.14. The molecule has 0 saturated carbocycles. The van der Waals surface area contributed by atoms with Crippen LogP contribution < -0.4 is 11.1 Å². The Bertz CT molecular complexity index is 212. The first kappa shape index (κ1) is 9.86. The fourth-order valence-corrected chi connectivity index (χ4v) is 1.29. The van der Waals surface area contributed by atoms with Crippen molar-refractivity contribution < 1.29 is 0 Å². The Morgan fingerprint density at radius 1 is 1.31 bits per heavy atom. The van der Waals surface area contributed by atoms with Crippen molar-refractivity contribution in [1.29, 1.82) is 0 Å². The Kier molecular flexibility index (Phi) is 4.12. The fourth-order valence-electron chi connectivity index (χ4n) is 1.29. The fraction of sp³-hybridized carbons (Fsp3) is 0.400. The van der Waals surface area contributed by atoms with Gasteiger partial charge in [-0.15, -0.1) is 0 Å². The first-order chi connectivity index (χ1) is 6.34. The molecule has 1 aliphatic rings. The molecule has 72 valence electrons. The smallest absolute Gasteiger partial charge is 0.0303 e.